The van der Waals surface area contributed by atoms with Crippen molar-refractivity contribution < 1.29 is 0 Å². The fourth-order valence-corrected chi connectivity index (χ4v) is 5.37. The molecule has 0 unspecified atom stereocenters. The Hall–Kier alpha value is -0.820. The van der Waals surface area contributed by atoms with Crippen LogP contribution in [0.4, 0.5) is 0 Å². The maximum atomic E-state index is 6.27. The molecule has 1 saturated carbocycles. The molecule has 2 N–H and O–H groups in total. The van der Waals surface area contributed by atoms with Crippen LogP contribution in [0.3, 0.4) is 0 Å². The van der Waals surface area contributed by atoms with Gasteiger partial charge in [0, 0.05) is 0 Å². The van der Waals surface area contributed by atoms with Gasteiger partial charge in [0.25, 0.3) is 0 Å². The third-order valence-electron chi connectivity index (χ3n) is 7.71. The second-order valence-corrected chi connectivity index (χ2v) is 10.0. The molecule has 2 atom stereocenters. The van der Waals surface area contributed by atoms with E-state index in [1.54, 1.807) is 16.7 Å². The maximum Gasteiger partial charge on any atom is -0.000861 e. The summed E-state index contributed by atoms with van der Waals surface area (Å²) in [5, 5.41) is 0. The molecule has 0 aliphatic heterocycles. The largest absolute Gasteiger partial charge is 0.330 e. The van der Waals surface area contributed by atoms with E-state index in [0.29, 0.717) is 11.8 Å². The molecule has 0 aromatic heterocycles. The van der Waals surface area contributed by atoms with Gasteiger partial charge in [-0.05, 0) is 81.1 Å². The quantitative estimate of drug-likeness (QED) is 0.441. The predicted octanol–water partition coefficient (Wildman–Crippen LogP) is 7.44. The van der Waals surface area contributed by atoms with Gasteiger partial charge in [-0.15, -0.1) is 0 Å². The van der Waals surface area contributed by atoms with E-state index in [4.69, 9.17) is 5.73 Å². The lowest BCUT2D eigenvalue weighted by atomic mass is 9.70. The van der Waals surface area contributed by atoms with Crippen LogP contribution in [0.25, 0.3) is 0 Å². The first-order valence-electron chi connectivity index (χ1n) is 11.6. The molecule has 2 rings (SSSR count). The van der Waals surface area contributed by atoms with Crippen molar-refractivity contribution >= 4 is 0 Å². The molecule has 0 amide bonds. The Bertz CT molecular complexity index is 555. The van der Waals surface area contributed by atoms with E-state index in [-0.39, 0.29) is 5.41 Å². The van der Waals surface area contributed by atoms with Crippen molar-refractivity contribution in [1.29, 1.82) is 0 Å². The standard InChI is InChI=1S/C26H45N/c1-7-25(26(5,6)8-2)24(18-27)20(4)17-21-11-15-23(16-12-21)22-13-9-19(3)10-14-22/h7,11,15,19-20,22,24H,8-10,12-14,16-18,27H2,1-6H3/b25-7+/t19-,20-,22+,24+/m1/s1. The Morgan fingerprint density at radius 1 is 1.19 bits per heavy atom. The first-order valence-corrected chi connectivity index (χ1v) is 11.6. The summed E-state index contributed by atoms with van der Waals surface area (Å²) in [5.41, 5.74) is 11.4. The molecule has 0 radical (unpaired) electrons. The average Bonchev–Trinajstić information content (AvgIpc) is 2.67. The van der Waals surface area contributed by atoms with Gasteiger partial charge in [-0.3, -0.25) is 0 Å². The van der Waals surface area contributed by atoms with Gasteiger partial charge in [0.05, 0.1) is 0 Å². The van der Waals surface area contributed by atoms with Gasteiger partial charge in [-0.2, -0.15) is 0 Å². The van der Waals surface area contributed by atoms with Crippen molar-refractivity contribution in [3.8, 4) is 0 Å². The predicted molar refractivity (Wildman–Crippen MR) is 121 cm³/mol. The van der Waals surface area contributed by atoms with Crippen LogP contribution >= 0.6 is 0 Å². The summed E-state index contributed by atoms with van der Waals surface area (Å²) in [6, 6.07) is 0. The van der Waals surface area contributed by atoms with E-state index in [2.05, 4.69) is 59.8 Å². The van der Waals surface area contributed by atoms with Gasteiger partial charge in [0.15, 0.2) is 0 Å². The van der Waals surface area contributed by atoms with Crippen LogP contribution in [-0.4, -0.2) is 6.54 Å². The van der Waals surface area contributed by atoms with Crippen LogP contribution in [-0.2, 0) is 0 Å². The lowest BCUT2D eigenvalue weighted by molar-refractivity contribution is 0.309. The number of rotatable bonds is 8. The molecule has 2 aliphatic carbocycles. The Morgan fingerprint density at radius 3 is 2.33 bits per heavy atom. The minimum absolute atomic E-state index is 0.249. The molecule has 0 bridgehead atoms. The Kier molecular flexibility index (Phi) is 8.40. The fraction of sp³-hybridized carbons (Fsp3) is 0.769. The molecule has 0 heterocycles. The number of nitrogens with two attached hydrogens (primary N) is 1. The van der Waals surface area contributed by atoms with E-state index in [0.717, 1.165) is 18.4 Å². The molecular weight excluding hydrogens is 326 g/mol. The summed E-state index contributed by atoms with van der Waals surface area (Å²) in [6.07, 6.45) is 17.9. The zero-order valence-electron chi connectivity index (χ0n) is 19.0. The molecule has 0 aromatic rings. The third kappa shape index (κ3) is 5.83. The fourth-order valence-electron chi connectivity index (χ4n) is 5.37. The lowest BCUT2D eigenvalue weighted by Gasteiger charge is -2.36. The van der Waals surface area contributed by atoms with Crippen molar-refractivity contribution in [3.63, 3.8) is 0 Å². The zero-order valence-corrected chi connectivity index (χ0v) is 19.0. The topological polar surface area (TPSA) is 26.0 Å². The van der Waals surface area contributed by atoms with Crippen molar-refractivity contribution in [1.82, 2.24) is 0 Å². The maximum absolute atomic E-state index is 6.27. The normalized spacial score (nSPS) is 27.0. The lowest BCUT2D eigenvalue weighted by Crippen LogP contribution is -2.31. The second kappa shape index (κ2) is 10.1. The molecular formula is C26H45N. The minimum atomic E-state index is 0.249. The molecule has 154 valence electrons. The van der Waals surface area contributed by atoms with Gasteiger partial charge in [0.2, 0.25) is 0 Å². The summed E-state index contributed by atoms with van der Waals surface area (Å²) in [5.74, 6) is 2.92. The second-order valence-electron chi connectivity index (χ2n) is 10.0. The SMILES string of the molecule is C/C=C(\[C@@H](CN)[C@H](C)CC1=CC=C([C@H]2CC[C@@H](C)CC2)CC1)C(C)(C)CC. The van der Waals surface area contributed by atoms with Gasteiger partial charge in [0.1, 0.15) is 0 Å². The Balaban J connectivity index is 2.01. The summed E-state index contributed by atoms with van der Waals surface area (Å²) < 4.78 is 0. The summed E-state index contributed by atoms with van der Waals surface area (Å²) in [6.45, 7) is 14.8. The molecule has 1 nitrogen and oxygen atoms in total. The van der Waals surface area contributed by atoms with Crippen LogP contribution in [0, 0.1) is 29.1 Å². The Labute approximate surface area is 169 Å². The van der Waals surface area contributed by atoms with E-state index in [1.165, 1.54) is 51.4 Å². The van der Waals surface area contributed by atoms with Crippen LogP contribution in [0.5, 0.6) is 0 Å². The molecule has 27 heavy (non-hydrogen) atoms. The molecule has 1 heteroatoms. The Morgan fingerprint density at radius 2 is 1.85 bits per heavy atom. The minimum Gasteiger partial charge on any atom is -0.330 e. The van der Waals surface area contributed by atoms with Crippen molar-refractivity contribution in [3.05, 3.63) is 34.9 Å². The van der Waals surface area contributed by atoms with Crippen LogP contribution in [0.2, 0.25) is 0 Å². The smallest absolute Gasteiger partial charge is 0.000861 e. The van der Waals surface area contributed by atoms with Crippen LogP contribution in [0.15, 0.2) is 34.9 Å². The van der Waals surface area contributed by atoms with E-state index < -0.39 is 0 Å². The number of allylic oxidation sites excluding steroid dienone is 5. The van der Waals surface area contributed by atoms with Crippen molar-refractivity contribution in [2.24, 2.45) is 34.8 Å². The molecule has 1 fully saturated rings. The number of hydrogen-bond acceptors (Lipinski definition) is 1. The van der Waals surface area contributed by atoms with E-state index in [1.807, 2.05) is 0 Å². The van der Waals surface area contributed by atoms with E-state index >= 15 is 0 Å². The zero-order chi connectivity index (χ0) is 20.0. The highest BCUT2D eigenvalue weighted by Crippen LogP contribution is 2.41. The van der Waals surface area contributed by atoms with Gasteiger partial charge in [-0.25, -0.2) is 0 Å². The molecule has 2 aliphatic rings. The van der Waals surface area contributed by atoms with Gasteiger partial charge >= 0.3 is 0 Å². The average molecular weight is 372 g/mol. The first-order chi connectivity index (χ1) is 12.8. The van der Waals surface area contributed by atoms with Crippen LogP contribution in [0.1, 0.15) is 92.9 Å². The molecule has 0 aromatic carbocycles. The first kappa shape index (κ1) is 22.5. The summed E-state index contributed by atoms with van der Waals surface area (Å²) in [7, 11) is 0. The monoisotopic (exact) mass is 371 g/mol. The molecule has 0 saturated heterocycles. The summed E-state index contributed by atoms with van der Waals surface area (Å²) in [4.78, 5) is 0. The highest BCUT2D eigenvalue weighted by Gasteiger charge is 2.30. The van der Waals surface area contributed by atoms with Gasteiger partial charge < -0.3 is 5.73 Å². The molecule has 0 spiro atoms. The summed E-state index contributed by atoms with van der Waals surface area (Å²) >= 11 is 0. The van der Waals surface area contributed by atoms with E-state index in [9.17, 15) is 0 Å². The van der Waals surface area contributed by atoms with Gasteiger partial charge in [-0.1, -0.05) is 82.4 Å². The van der Waals surface area contributed by atoms with Crippen molar-refractivity contribution in [2.75, 3.05) is 6.54 Å². The van der Waals surface area contributed by atoms with Crippen LogP contribution < -0.4 is 5.73 Å². The van der Waals surface area contributed by atoms with Crippen molar-refractivity contribution in [2.45, 2.75) is 92.9 Å². The third-order valence-corrected chi connectivity index (χ3v) is 7.71. The highest BCUT2D eigenvalue weighted by atomic mass is 14.6. The highest BCUT2D eigenvalue weighted by molar-refractivity contribution is 5.27. The number of hydrogen-bond donors (Lipinski definition) is 1.